The molecule has 0 aliphatic rings. The highest BCUT2D eigenvalue weighted by Crippen LogP contribution is 2.16. The predicted octanol–water partition coefficient (Wildman–Crippen LogP) is 1.49. The summed E-state index contributed by atoms with van der Waals surface area (Å²) in [5.74, 6) is 0. The van der Waals surface area contributed by atoms with Crippen LogP contribution in [-0.2, 0) is 13.5 Å². The van der Waals surface area contributed by atoms with E-state index in [1.165, 1.54) is 5.56 Å². The van der Waals surface area contributed by atoms with E-state index in [-0.39, 0.29) is 6.04 Å². The van der Waals surface area contributed by atoms with E-state index in [9.17, 15) is 0 Å². The van der Waals surface area contributed by atoms with E-state index >= 15 is 0 Å². The number of hydrogen-bond acceptors (Lipinski definition) is 4. The maximum atomic E-state index is 4.16. The topological polar surface area (TPSA) is 55.6 Å². The molecule has 2 rings (SSSR count). The monoisotopic (exact) mass is 245 g/mol. The number of aromatic nitrogens is 4. The molecule has 0 bridgehead atoms. The quantitative estimate of drug-likeness (QED) is 0.838. The summed E-state index contributed by atoms with van der Waals surface area (Å²) < 4.78 is 1.82. The Hall–Kier alpha value is -1.75. The molecular weight excluding hydrogens is 226 g/mol. The van der Waals surface area contributed by atoms with Gasteiger partial charge in [0.15, 0.2) is 0 Å². The van der Waals surface area contributed by atoms with Crippen molar-refractivity contribution in [1.82, 2.24) is 25.3 Å². The second-order valence-corrected chi connectivity index (χ2v) is 4.35. The molecule has 0 aliphatic heterocycles. The SMILES string of the molecule is CCCNC(Cc1cccnc1)c1cnnn1C. The molecule has 2 heterocycles. The van der Waals surface area contributed by atoms with Crippen LogP contribution in [0.1, 0.15) is 30.6 Å². The van der Waals surface area contributed by atoms with Crippen LogP contribution in [0.25, 0.3) is 0 Å². The summed E-state index contributed by atoms with van der Waals surface area (Å²) >= 11 is 0. The van der Waals surface area contributed by atoms with Gasteiger partial charge in [0.1, 0.15) is 0 Å². The molecule has 5 nitrogen and oxygen atoms in total. The summed E-state index contributed by atoms with van der Waals surface area (Å²) in [6, 6.07) is 4.29. The first-order valence-electron chi connectivity index (χ1n) is 6.28. The molecule has 0 radical (unpaired) electrons. The van der Waals surface area contributed by atoms with Crippen molar-refractivity contribution in [3.05, 3.63) is 42.0 Å². The van der Waals surface area contributed by atoms with E-state index in [1.807, 2.05) is 30.2 Å². The van der Waals surface area contributed by atoms with E-state index in [4.69, 9.17) is 0 Å². The highest BCUT2D eigenvalue weighted by molar-refractivity contribution is 5.14. The standard InChI is InChI=1S/C13H19N5/c1-3-6-15-12(13-10-16-17-18(13)2)8-11-5-4-7-14-9-11/h4-5,7,9-10,12,15H,3,6,8H2,1-2H3. The molecular formula is C13H19N5. The fourth-order valence-corrected chi connectivity index (χ4v) is 1.97. The zero-order chi connectivity index (χ0) is 12.8. The summed E-state index contributed by atoms with van der Waals surface area (Å²) in [5, 5.41) is 11.5. The van der Waals surface area contributed by atoms with Crippen LogP contribution in [0.3, 0.4) is 0 Å². The molecule has 0 aliphatic carbocycles. The Kier molecular flexibility index (Phi) is 4.41. The first-order valence-corrected chi connectivity index (χ1v) is 6.28. The van der Waals surface area contributed by atoms with Crippen LogP contribution in [0, 0.1) is 0 Å². The Labute approximate surface area is 107 Å². The maximum absolute atomic E-state index is 4.16. The summed E-state index contributed by atoms with van der Waals surface area (Å²) in [4.78, 5) is 4.16. The molecule has 0 saturated heterocycles. The molecule has 2 aromatic heterocycles. The van der Waals surface area contributed by atoms with Crippen molar-refractivity contribution in [2.24, 2.45) is 7.05 Å². The summed E-state index contributed by atoms with van der Waals surface area (Å²) in [7, 11) is 1.92. The lowest BCUT2D eigenvalue weighted by Crippen LogP contribution is -2.26. The normalized spacial score (nSPS) is 12.6. The first kappa shape index (κ1) is 12.7. The van der Waals surface area contributed by atoms with Crippen molar-refractivity contribution in [2.45, 2.75) is 25.8 Å². The highest BCUT2D eigenvalue weighted by Gasteiger charge is 2.15. The van der Waals surface area contributed by atoms with Gasteiger partial charge in [-0.3, -0.25) is 9.67 Å². The smallest absolute Gasteiger partial charge is 0.0756 e. The van der Waals surface area contributed by atoms with Gasteiger partial charge in [-0.1, -0.05) is 18.2 Å². The van der Waals surface area contributed by atoms with Crippen LogP contribution < -0.4 is 5.32 Å². The van der Waals surface area contributed by atoms with Crippen LogP contribution in [-0.4, -0.2) is 26.5 Å². The minimum absolute atomic E-state index is 0.231. The van der Waals surface area contributed by atoms with Crippen molar-refractivity contribution >= 4 is 0 Å². The first-order chi connectivity index (χ1) is 8.81. The van der Waals surface area contributed by atoms with Gasteiger partial charge in [-0.2, -0.15) is 0 Å². The van der Waals surface area contributed by atoms with E-state index in [0.29, 0.717) is 0 Å². The van der Waals surface area contributed by atoms with Crippen LogP contribution in [0.4, 0.5) is 0 Å². The molecule has 0 spiro atoms. The predicted molar refractivity (Wildman–Crippen MR) is 70.0 cm³/mol. The number of rotatable bonds is 6. The largest absolute Gasteiger partial charge is 0.308 e. The Morgan fingerprint density at radius 1 is 1.39 bits per heavy atom. The second-order valence-electron chi connectivity index (χ2n) is 4.35. The maximum Gasteiger partial charge on any atom is 0.0756 e. The van der Waals surface area contributed by atoms with E-state index < -0.39 is 0 Å². The van der Waals surface area contributed by atoms with Crippen molar-refractivity contribution in [3.8, 4) is 0 Å². The Bertz CT molecular complexity index is 465. The Morgan fingerprint density at radius 3 is 2.89 bits per heavy atom. The third-order valence-corrected chi connectivity index (χ3v) is 2.91. The van der Waals surface area contributed by atoms with Gasteiger partial charge in [0, 0.05) is 19.4 Å². The van der Waals surface area contributed by atoms with E-state index in [2.05, 4.69) is 33.6 Å². The lowest BCUT2D eigenvalue weighted by Gasteiger charge is -2.18. The minimum atomic E-state index is 0.231. The third-order valence-electron chi connectivity index (χ3n) is 2.91. The lowest BCUT2D eigenvalue weighted by molar-refractivity contribution is 0.492. The second kappa shape index (κ2) is 6.26. The van der Waals surface area contributed by atoms with Crippen LogP contribution in [0.2, 0.25) is 0 Å². The summed E-state index contributed by atoms with van der Waals surface area (Å²) in [6.07, 6.45) is 7.53. The van der Waals surface area contributed by atoms with E-state index in [1.54, 1.807) is 6.20 Å². The number of nitrogens with zero attached hydrogens (tertiary/aromatic N) is 4. The van der Waals surface area contributed by atoms with Crippen LogP contribution in [0.5, 0.6) is 0 Å². The zero-order valence-electron chi connectivity index (χ0n) is 10.9. The Morgan fingerprint density at radius 2 is 2.28 bits per heavy atom. The summed E-state index contributed by atoms with van der Waals surface area (Å²) in [5.41, 5.74) is 2.32. The van der Waals surface area contributed by atoms with Gasteiger partial charge < -0.3 is 5.32 Å². The van der Waals surface area contributed by atoms with Crippen molar-refractivity contribution in [3.63, 3.8) is 0 Å². The molecule has 1 atom stereocenters. The summed E-state index contributed by atoms with van der Waals surface area (Å²) in [6.45, 7) is 3.14. The molecule has 0 fully saturated rings. The van der Waals surface area contributed by atoms with Gasteiger partial charge in [-0.25, -0.2) is 0 Å². The molecule has 0 amide bonds. The third kappa shape index (κ3) is 3.13. The Balaban J connectivity index is 2.13. The number of aryl methyl sites for hydroxylation is 1. The molecule has 18 heavy (non-hydrogen) atoms. The van der Waals surface area contributed by atoms with Crippen LogP contribution in [0.15, 0.2) is 30.7 Å². The lowest BCUT2D eigenvalue weighted by atomic mass is 10.1. The van der Waals surface area contributed by atoms with Gasteiger partial charge in [0.05, 0.1) is 17.9 Å². The molecule has 1 unspecified atom stereocenters. The number of nitrogens with one attached hydrogen (secondary N) is 1. The van der Waals surface area contributed by atoms with Crippen molar-refractivity contribution in [1.29, 1.82) is 0 Å². The zero-order valence-corrected chi connectivity index (χ0v) is 10.9. The van der Waals surface area contributed by atoms with Gasteiger partial charge in [-0.05, 0) is 31.0 Å². The molecule has 0 aromatic carbocycles. The molecule has 0 saturated carbocycles. The fraction of sp³-hybridized carbons (Fsp3) is 0.462. The molecule has 5 heteroatoms. The van der Waals surface area contributed by atoms with Crippen molar-refractivity contribution < 1.29 is 0 Å². The molecule has 1 N–H and O–H groups in total. The number of hydrogen-bond donors (Lipinski definition) is 1. The average Bonchev–Trinajstić information content (AvgIpc) is 2.82. The average molecular weight is 245 g/mol. The van der Waals surface area contributed by atoms with Gasteiger partial charge >= 0.3 is 0 Å². The van der Waals surface area contributed by atoms with Gasteiger partial charge in [-0.15, -0.1) is 5.10 Å². The number of pyridine rings is 1. The van der Waals surface area contributed by atoms with E-state index in [0.717, 1.165) is 25.1 Å². The van der Waals surface area contributed by atoms with Crippen molar-refractivity contribution in [2.75, 3.05) is 6.54 Å². The molecule has 2 aromatic rings. The van der Waals surface area contributed by atoms with Gasteiger partial charge in [0.25, 0.3) is 0 Å². The molecule has 96 valence electrons. The highest BCUT2D eigenvalue weighted by atomic mass is 15.4. The minimum Gasteiger partial charge on any atom is -0.308 e. The van der Waals surface area contributed by atoms with Crippen LogP contribution >= 0.6 is 0 Å². The van der Waals surface area contributed by atoms with Gasteiger partial charge in [0.2, 0.25) is 0 Å². The fourth-order valence-electron chi connectivity index (χ4n) is 1.97.